The molecular formula is C15H12N4O. The van der Waals surface area contributed by atoms with Gasteiger partial charge in [0.25, 0.3) is 0 Å². The molecule has 1 amide bonds. The van der Waals surface area contributed by atoms with Crippen molar-refractivity contribution in [3.63, 3.8) is 0 Å². The molecule has 98 valence electrons. The molecule has 1 aromatic carbocycles. The predicted octanol–water partition coefficient (Wildman–Crippen LogP) is 2.47. The predicted molar refractivity (Wildman–Crippen MR) is 77.8 cm³/mol. The van der Waals surface area contributed by atoms with Gasteiger partial charge in [-0.05, 0) is 23.6 Å². The molecule has 0 aliphatic rings. The summed E-state index contributed by atoms with van der Waals surface area (Å²) < 4.78 is 0. The number of nitrogens with one attached hydrogen (secondary N) is 1. The van der Waals surface area contributed by atoms with Crippen LogP contribution in [0.4, 0.5) is 11.6 Å². The first kappa shape index (κ1) is 12.1. The molecule has 2 heterocycles. The van der Waals surface area contributed by atoms with E-state index in [-0.39, 0.29) is 0 Å². The Kier molecular flexibility index (Phi) is 3.01. The average Bonchev–Trinajstić information content (AvgIpc) is 2.48. The highest BCUT2D eigenvalue weighted by molar-refractivity contribution is 5.95. The van der Waals surface area contributed by atoms with E-state index in [0.29, 0.717) is 17.2 Å². The normalized spacial score (nSPS) is 10.4. The molecule has 0 bridgehead atoms. The van der Waals surface area contributed by atoms with Crippen molar-refractivity contribution in [1.29, 1.82) is 0 Å². The van der Waals surface area contributed by atoms with Crippen LogP contribution in [0.2, 0.25) is 0 Å². The Morgan fingerprint density at radius 2 is 1.85 bits per heavy atom. The minimum atomic E-state index is -0.485. The summed E-state index contributed by atoms with van der Waals surface area (Å²) in [7, 11) is 0. The lowest BCUT2D eigenvalue weighted by Crippen LogP contribution is -2.11. The smallest absolute Gasteiger partial charge is 0.248 e. The van der Waals surface area contributed by atoms with Crippen molar-refractivity contribution in [2.24, 2.45) is 5.73 Å². The number of primary amides is 1. The number of nitrogens with zero attached hydrogens (tertiary/aromatic N) is 2. The zero-order valence-corrected chi connectivity index (χ0v) is 10.6. The van der Waals surface area contributed by atoms with Crippen molar-refractivity contribution in [1.82, 2.24) is 9.97 Å². The average molecular weight is 264 g/mol. The van der Waals surface area contributed by atoms with Crippen LogP contribution < -0.4 is 11.1 Å². The molecule has 0 spiro atoms. The molecule has 5 nitrogen and oxygen atoms in total. The van der Waals surface area contributed by atoms with E-state index in [9.17, 15) is 4.79 Å². The third-order valence-corrected chi connectivity index (χ3v) is 2.96. The van der Waals surface area contributed by atoms with Gasteiger partial charge in [0.05, 0.1) is 0 Å². The van der Waals surface area contributed by atoms with Crippen LogP contribution in [-0.2, 0) is 0 Å². The quantitative estimate of drug-likeness (QED) is 0.761. The molecule has 0 fully saturated rings. The summed E-state index contributed by atoms with van der Waals surface area (Å²) in [5.74, 6) is 0.740. The highest BCUT2D eigenvalue weighted by Crippen LogP contribution is 2.23. The van der Waals surface area contributed by atoms with E-state index in [0.717, 1.165) is 10.8 Å². The molecular weight excluding hydrogens is 252 g/mol. The summed E-state index contributed by atoms with van der Waals surface area (Å²) in [5, 5.41) is 5.18. The highest BCUT2D eigenvalue weighted by atomic mass is 16.1. The molecule has 0 atom stereocenters. The van der Waals surface area contributed by atoms with E-state index in [1.54, 1.807) is 18.3 Å². The molecule has 2 aromatic heterocycles. The van der Waals surface area contributed by atoms with Gasteiger partial charge in [0.1, 0.15) is 11.6 Å². The number of rotatable bonds is 3. The number of nitrogens with two attached hydrogens (primary N) is 1. The summed E-state index contributed by atoms with van der Waals surface area (Å²) in [4.78, 5) is 19.6. The van der Waals surface area contributed by atoms with Gasteiger partial charge in [-0.3, -0.25) is 4.79 Å². The standard InChI is InChI=1S/C15H12N4O/c16-14(20)11-6-7-17-13(9-11)19-15-12-4-2-1-3-10(12)5-8-18-15/h1-9H,(H2,16,20)(H,17,18,19). The lowest BCUT2D eigenvalue weighted by Gasteiger charge is -2.08. The van der Waals surface area contributed by atoms with Crippen molar-refractivity contribution in [2.45, 2.75) is 0 Å². The Hall–Kier alpha value is -2.95. The van der Waals surface area contributed by atoms with Gasteiger partial charge in [-0.2, -0.15) is 0 Å². The molecule has 0 saturated carbocycles. The van der Waals surface area contributed by atoms with Crippen molar-refractivity contribution < 1.29 is 4.79 Å². The first-order valence-corrected chi connectivity index (χ1v) is 6.11. The number of fused-ring (bicyclic) bond motifs is 1. The van der Waals surface area contributed by atoms with Gasteiger partial charge in [0, 0.05) is 23.3 Å². The number of hydrogen-bond acceptors (Lipinski definition) is 4. The number of benzene rings is 1. The van der Waals surface area contributed by atoms with Gasteiger partial charge in [-0.15, -0.1) is 0 Å². The maximum atomic E-state index is 11.2. The number of pyridine rings is 2. The molecule has 0 aliphatic heterocycles. The number of carbonyl (C=O) groups is 1. The van der Waals surface area contributed by atoms with Crippen LogP contribution in [0.5, 0.6) is 0 Å². The third kappa shape index (κ3) is 2.29. The van der Waals surface area contributed by atoms with Crippen LogP contribution in [-0.4, -0.2) is 15.9 Å². The first-order chi connectivity index (χ1) is 9.74. The Morgan fingerprint density at radius 1 is 1.05 bits per heavy atom. The Morgan fingerprint density at radius 3 is 2.70 bits per heavy atom. The van der Waals surface area contributed by atoms with Crippen molar-refractivity contribution >= 4 is 28.3 Å². The molecule has 0 saturated heterocycles. The highest BCUT2D eigenvalue weighted by Gasteiger charge is 2.05. The number of amides is 1. The summed E-state index contributed by atoms with van der Waals surface area (Å²) in [6.07, 6.45) is 3.26. The summed E-state index contributed by atoms with van der Waals surface area (Å²) in [6, 6.07) is 13.0. The summed E-state index contributed by atoms with van der Waals surface area (Å²) in [6.45, 7) is 0. The van der Waals surface area contributed by atoms with Gasteiger partial charge in [-0.1, -0.05) is 24.3 Å². The summed E-state index contributed by atoms with van der Waals surface area (Å²) >= 11 is 0. The van der Waals surface area contributed by atoms with Gasteiger partial charge >= 0.3 is 0 Å². The number of aromatic nitrogens is 2. The molecule has 3 rings (SSSR count). The van der Waals surface area contributed by atoms with Gasteiger partial charge in [0.2, 0.25) is 5.91 Å². The maximum Gasteiger partial charge on any atom is 0.248 e. The second-order valence-electron chi connectivity index (χ2n) is 4.30. The monoisotopic (exact) mass is 264 g/mol. The lowest BCUT2D eigenvalue weighted by molar-refractivity contribution is 0.1000. The molecule has 3 aromatic rings. The van der Waals surface area contributed by atoms with E-state index in [1.807, 2.05) is 30.3 Å². The maximum absolute atomic E-state index is 11.2. The topological polar surface area (TPSA) is 80.9 Å². The number of anilines is 2. The van der Waals surface area contributed by atoms with Crippen LogP contribution >= 0.6 is 0 Å². The zero-order valence-electron chi connectivity index (χ0n) is 10.6. The van der Waals surface area contributed by atoms with Crippen LogP contribution in [0.3, 0.4) is 0 Å². The van der Waals surface area contributed by atoms with Crippen molar-refractivity contribution in [3.8, 4) is 0 Å². The fraction of sp³-hybridized carbons (Fsp3) is 0. The molecule has 0 unspecified atom stereocenters. The van der Waals surface area contributed by atoms with E-state index >= 15 is 0 Å². The first-order valence-electron chi connectivity index (χ1n) is 6.11. The van der Waals surface area contributed by atoms with Gasteiger partial charge in [0.15, 0.2) is 0 Å². The second-order valence-corrected chi connectivity index (χ2v) is 4.30. The Labute approximate surface area is 115 Å². The van der Waals surface area contributed by atoms with E-state index in [4.69, 9.17) is 5.73 Å². The van der Waals surface area contributed by atoms with E-state index < -0.39 is 5.91 Å². The minimum absolute atomic E-state index is 0.405. The van der Waals surface area contributed by atoms with Gasteiger partial charge < -0.3 is 11.1 Å². The zero-order chi connectivity index (χ0) is 13.9. The Balaban J connectivity index is 2.01. The largest absolute Gasteiger partial charge is 0.366 e. The van der Waals surface area contributed by atoms with Crippen LogP contribution in [0.15, 0.2) is 54.9 Å². The fourth-order valence-electron chi connectivity index (χ4n) is 1.99. The number of carbonyl (C=O) groups excluding carboxylic acids is 1. The molecule has 0 aliphatic carbocycles. The van der Waals surface area contributed by atoms with Crippen LogP contribution in [0.25, 0.3) is 10.8 Å². The minimum Gasteiger partial charge on any atom is -0.366 e. The summed E-state index contributed by atoms with van der Waals surface area (Å²) in [5.41, 5.74) is 5.66. The van der Waals surface area contributed by atoms with Gasteiger partial charge in [-0.25, -0.2) is 9.97 Å². The molecule has 5 heteroatoms. The lowest BCUT2D eigenvalue weighted by atomic mass is 10.1. The van der Waals surface area contributed by atoms with Crippen LogP contribution in [0, 0.1) is 0 Å². The third-order valence-electron chi connectivity index (χ3n) is 2.96. The van der Waals surface area contributed by atoms with E-state index in [1.165, 1.54) is 6.20 Å². The Bertz CT molecular complexity index is 780. The van der Waals surface area contributed by atoms with Crippen LogP contribution in [0.1, 0.15) is 10.4 Å². The second kappa shape index (κ2) is 4.97. The van der Waals surface area contributed by atoms with E-state index in [2.05, 4.69) is 15.3 Å². The fourth-order valence-corrected chi connectivity index (χ4v) is 1.99. The number of hydrogen-bond donors (Lipinski definition) is 2. The molecule has 0 radical (unpaired) electrons. The van der Waals surface area contributed by atoms with Crippen molar-refractivity contribution in [3.05, 3.63) is 60.4 Å². The van der Waals surface area contributed by atoms with Crippen molar-refractivity contribution in [2.75, 3.05) is 5.32 Å². The SMILES string of the molecule is NC(=O)c1ccnc(Nc2nccc3ccccc23)c1. The molecule has 3 N–H and O–H groups in total. The molecule has 20 heavy (non-hydrogen) atoms.